The average Bonchev–Trinajstić information content (AvgIpc) is 3.94. The molecule has 0 aliphatic heterocycles. The minimum atomic E-state index is -0.0972. The smallest absolute Gasteiger partial charge is 0.0210 e. The van der Waals surface area contributed by atoms with Crippen molar-refractivity contribution in [2.45, 2.75) is 70.6 Å². The molecule has 0 bridgehead atoms. The van der Waals surface area contributed by atoms with Crippen LogP contribution in [0.2, 0.25) is 0 Å². The zero-order valence-electron chi connectivity index (χ0n) is 41.9. The van der Waals surface area contributed by atoms with Crippen LogP contribution in [0.4, 0.5) is 0 Å². The van der Waals surface area contributed by atoms with Crippen molar-refractivity contribution in [1.82, 2.24) is 0 Å². The van der Waals surface area contributed by atoms with Crippen molar-refractivity contribution in [2.24, 2.45) is 0 Å². The number of hydrogen-bond donors (Lipinski definition) is 0. The zero-order valence-corrected chi connectivity index (χ0v) is 41.9. The first kappa shape index (κ1) is 44.4. The third kappa shape index (κ3) is 7.10. The predicted octanol–water partition coefficient (Wildman–Crippen LogP) is 19.4. The molecule has 3 aliphatic carbocycles. The largest absolute Gasteiger partial charge is 0.0642 e. The zero-order chi connectivity index (χ0) is 48.5. The Kier molecular flexibility index (Phi) is 10.8. The second-order valence-corrected chi connectivity index (χ2v) is 21.0. The number of hydrogen-bond acceptors (Lipinski definition) is 0. The van der Waals surface area contributed by atoms with Gasteiger partial charge in [-0.1, -0.05) is 248 Å². The molecule has 0 atom stereocenters. The van der Waals surface area contributed by atoms with Crippen molar-refractivity contribution in [3.8, 4) is 89.0 Å². The second kappa shape index (κ2) is 17.3. The number of benzene rings is 10. The summed E-state index contributed by atoms with van der Waals surface area (Å²) in [4.78, 5) is 0. The molecule has 0 nitrogen and oxygen atoms in total. The Hall–Kier alpha value is -7.80. The van der Waals surface area contributed by atoms with Crippen LogP contribution < -0.4 is 0 Å². The fourth-order valence-corrected chi connectivity index (χ4v) is 12.8. The maximum Gasteiger partial charge on any atom is 0.0210 e. The Labute approximate surface area is 421 Å². The monoisotopic (exact) mass is 912 g/mol. The summed E-state index contributed by atoms with van der Waals surface area (Å²) in [5, 5.41) is 0. The lowest BCUT2D eigenvalue weighted by Crippen LogP contribution is -2.23. The van der Waals surface area contributed by atoms with Crippen LogP contribution in [0.5, 0.6) is 0 Å². The highest BCUT2D eigenvalue weighted by Crippen LogP contribution is 2.55. The van der Waals surface area contributed by atoms with Crippen molar-refractivity contribution in [3.05, 3.63) is 264 Å². The predicted molar refractivity (Wildman–Crippen MR) is 302 cm³/mol. The van der Waals surface area contributed by atoms with Crippen LogP contribution in [-0.2, 0) is 16.2 Å². The van der Waals surface area contributed by atoms with Gasteiger partial charge in [-0.3, -0.25) is 0 Å². The molecule has 13 rings (SSSR count). The molecule has 0 unspecified atom stereocenters. The highest BCUT2D eigenvalue weighted by molar-refractivity contribution is 5.92. The summed E-state index contributed by atoms with van der Waals surface area (Å²) in [6.45, 7) is 14.2. The minimum Gasteiger partial charge on any atom is -0.0642 e. The third-order valence-corrected chi connectivity index (χ3v) is 16.7. The van der Waals surface area contributed by atoms with E-state index in [1.807, 2.05) is 0 Å². The van der Waals surface area contributed by atoms with Crippen molar-refractivity contribution in [3.63, 3.8) is 0 Å². The maximum atomic E-state index is 2.49. The quantitative estimate of drug-likeness (QED) is 0.149. The fourth-order valence-electron chi connectivity index (χ4n) is 12.8. The van der Waals surface area contributed by atoms with E-state index in [2.05, 4.69) is 272 Å². The van der Waals surface area contributed by atoms with Gasteiger partial charge in [-0.15, -0.1) is 0 Å². The van der Waals surface area contributed by atoms with E-state index < -0.39 is 0 Å². The Bertz CT molecular complexity index is 3520. The molecule has 0 heteroatoms. The summed E-state index contributed by atoms with van der Waals surface area (Å²) >= 11 is 0. The van der Waals surface area contributed by atoms with E-state index in [9.17, 15) is 0 Å². The van der Waals surface area contributed by atoms with Crippen LogP contribution in [0, 0.1) is 0 Å². The van der Waals surface area contributed by atoms with Gasteiger partial charge in [0.05, 0.1) is 0 Å². The van der Waals surface area contributed by atoms with Crippen molar-refractivity contribution in [1.29, 1.82) is 0 Å². The van der Waals surface area contributed by atoms with E-state index in [4.69, 9.17) is 0 Å². The minimum absolute atomic E-state index is 0.0332. The lowest BCUT2D eigenvalue weighted by molar-refractivity contribution is 0.490. The molecule has 0 amide bonds. The van der Waals surface area contributed by atoms with Gasteiger partial charge in [-0.05, 0) is 160 Å². The van der Waals surface area contributed by atoms with E-state index in [0.717, 1.165) is 12.8 Å². The Morgan fingerprint density at radius 1 is 0.225 bits per heavy atom. The molecule has 3 aliphatic rings. The van der Waals surface area contributed by atoms with Gasteiger partial charge in [-0.25, -0.2) is 0 Å². The van der Waals surface area contributed by atoms with Gasteiger partial charge in [0.2, 0.25) is 0 Å². The molecule has 0 fully saturated rings. The highest BCUT2D eigenvalue weighted by Gasteiger charge is 2.41. The molecule has 0 spiro atoms. The molecular formula is C71H60. The van der Waals surface area contributed by atoms with Crippen LogP contribution in [0.15, 0.2) is 231 Å². The van der Waals surface area contributed by atoms with Crippen LogP contribution in [-0.4, -0.2) is 0 Å². The molecule has 0 N–H and O–H groups in total. The average molecular weight is 913 g/mol. The first-order chi connectivity index (χ1) is 34.6. The molecule has 0 heterocycles. The highest BCUT2D eigenvalue weighted by atomic mass is 14.4. The van der Waals surface area contributed by atoms with Crippen molar-refractivity contribution in [2.75, 3.05) is 0 Å². The van der Waals surface area contributed by atoms with Gasteiger partial charge in [0.25, 0.3) is 0 Å². The SMILES string of the molecule is CC1(C)c2cc(-c3ccccc3-c3ccccc3)ccc2-c2ccc(-c3ccccc3-c3ccccc3)cc21.CCC1(CC)c2ccccc2-c2ccc(-c3ccc4c(c3)C(C)(C)c3ccccc3-4)cc21. The molecule has 10 aromatic carbocycles. The molecule has 0 radical (unpaired) electrons. The van der Waals surface area contributed by atoms with Crippen molar-refractivity contribution < 1.29 is 0 Å². The van der Waals surface area contributed by atoms with E-state index in [1.54, 1.807) is 0 Å². The summed E-state index contributed by atoms with van der Waals surface area (Å²) in [6.07, 6.45) is 2.26. The molecule has 0 aromatic heterocycles. The fraction of sp³-hybridized carbons (Fsp3) is 0.155. The van der Waals surface area contributed by atoms with E-state index in [-0.39, 0.29) is 16.2 Å². The molecule has 0 saturated carbocycles. The lowest BCUT2D eigenvalue weighted by Gasteiger charge is -2.30. The summed E-state index contributed by atoms with van der Waals surface area (Å²) < 4.78 is 0. The van der Waals surface area contributed by atoms with Gasteiger partial charge in [-0.2, -0.15) is 0 Å². The summed E-state index contributed by atoms with van der Waals surface area (Å²) in [5.74, 6) is 0. The van der Waals surface area contributed by atoms with Gasteiger partial charge in [0.1, 0.15) is 0 Å². The second-order valence-electron chi connectivity index (χ2n) is 21.0. The van der Waals surface area contributed by atoms with Crippen LogP contribution in [0.25, 0.3) is 89.0 Å². The first-order valence-electron chi connectivity index (χ1n) is 25.7. The van der Waals surface area contributed by atoms with Gasteiger partial charge in [0.15, 0.2) is 0 Å². The maximum absolute atomic E-state index is 2.49. The van der Waals surface area contributed by atoms with Gasteiger partial charge >= 0.3 is 0 Å². The molecule has 0 saturated heterocycles. The normalized spacial score (nSPS) is 14.5. The van der Waals surface area contributed by atoms with E-state index in [0.29, 0.717) is 0 Å². The molecule has 10 aromatic rings. The van der Waals surface area contributed by atoms with Crippen molar-refractivity contribution >= 4 is 0 Å². The van der Waals surface area contributed by atoms with E-state index >= 15 is 0 Å². The Balaban J connectivity index is 0.000000149. The molecule has 71 heavy (non-hydrogen) atoms. The summed E-state index contributed by atoms with van der Waals surface area (Å²) in [6, 6.07) is 85.2. The first-order valence-corrected chi connectivity index (χ1v) is 25.7. The topological polar surface area (TPSA) is 0 Å². The number of fused-ring (bicyclic) bond motifs is 9. The Morgan fingerprint density at radius 3 is 0.944 bits per heavy atom. The standard InChI is InChI=1S/C39H30.C32H30/c1-39(2)37-25-29(33-19-11-9-17-31(33)27-13-5-3-6-14-27)21-23-35(37)36-24-22-30(26-38(36)39)34-20-12-10-18-32(34)28-15-7-4-8-16-28;1-5-32(6-2)28-14-10-8-12-24(28)26-18-16-22(20-30(26)32)21-15-17-25-23-11-7-9-13-27(23)31(3,4)29(25)19-21/h3-26H,1-2H3;7-20H,5-6H2,1-4H3. The summed E-state index contributed by atoms with van der Waals surface area (Å²) in [7, 11) is 0. The number of rotatable bonds is 7. The lowest BCUT2D eigenvalue weighted by atomic mass is 9.73. The van der Waals surface area contributed by atoms with Crippen LogP contribution in [0.3, 0.4) is 0 Å². The van der Waals surface area contributed by atoms with Gasteiger partial charge < -0.3 is 0 Å². The Morgan fingerprint density at radius 2 is 0.507 bits per heavy atom. The van der Waals surface area contributed by atoms with Crippen LogP contribution in [0.1, 0.15) is 87.8 Å². The van der Waals surface area contributed by atoms with Crippen LogP contribution >= 0.6 is 0 Å². The molecular weight excluding hydrogens is 853 g/mol. The summed E-state index contributed by atoms with van der Waals surface area (Å²) in [5.41, 5.74) is 29.8. The van der Waals surface area contributed by atoms with Gasteiger partial charge in [0, 0.05) is 16.2 Å². The molecule has 344 valence electrons. The third-order valence-electron chi connectivity index (χ3n) is 16.7. The van der Waals surface area contributed by atoms with E-state index in [1.165, 1.54) is 122 Å².